The van der Waals surface area contributed by atoms with E-state index in [2.05, 4.69) is 16.2 Å². The Kier molecular flexibility index (Phi) is 6.02. The summed E-state index contributed by atoms with van der Waals surface area (Å²) in [5.74, 6) is 0. The minimum atomic E-state index is 1.32. The van der Waals surface area contributed by atoms with Crippen LogP contribution >= 0.6 is 9.24 Å². The van der Waals surface area contributed by atoms with E-state index in [4.69, 9.17) is 0 Å². The molecule has 1 heteroatoms. The SMILES string of the molecule is CC.CC1=C(P)CCCC1. The lowest BCUT2D eigenvalue weighted by molar-refractivity contribution is 0.694. The van der Waals surface area contributed by atoms with Crippen molar-refractivity contribution >= 4 is 9.24 Å². The van der Waals surface area contributed by atoms with Crippen LogP contribution in [0.25, 0.3) is 0 Å². The first kappa shape index (κ1) is 10.2. The van der Waals surface area contributed by atoms with Crippen LogP contribution in [0.5, 0.6) is 0 Å². The predicted octanol–water partition coefficient (Wildman–Crippen LogP) is 3.74. The molecule has 0 saturated carbocycles. The molecule has 0 aliphatic heterocycles. The zero-order chi connectivity index (χ0) is 7.98. The van der Waals surface area contributed by atoms with E-state index in [0.29, 0.717) is 0 Å². The second-order valence-electron chi connectivity index (χ2n) is 2.51. The summed E-state index contributed by atoms with van der Waals surface area (Å²) >= 11 is 0. The molecular weight excluding hydrogens is 139 g/mol. The van der Waals surface area contributed by atoms with E-state index in [-0.39, 0.29) is 0 Å². The average molecular weight is 158 g/mol. The molecule has 0 spiro atoms. The number of hydrogen-bond acceptors (Lipinski definition) is 0. The van der Waals surface area contributed by atoms with E-state index in [1.165, 1.54) is 25.7 Å². The van der Waals surface area contributed by atoms with Crippen molar-refractivity contribution in [3.05, 3.63) is 10.9 Å². The van der Waals surface area contributed by atoms with Crippen LogP contribution in [0.4, 0.5) is 0 Å². The van der Waals surface area contributed by atoms with Crippen LogP contribution in [0.2, 0.25) is 0 Å². The molecule has 0 aromatic rings. The molecule has 0 amide bonds. The highest BCUT2D eigenvalue weighted by Gasteiger charge is 2.02. The van der Waals surface area contributed by atoms with Crippen LogP contribution in [-0.4, -0.2) is 0 Å². The lowest BCUT2D eigenvalue weighted by atomic mass is 10.0. The molecule has 0 bridgehead atoms. The van der Waals surface area contributed by atoms with Crippen molar-refractivity contribution in [2.75, 3.05) is 0 Å². The van der Waals surface area contributed by atoms with Gasteiger partial charge in [0.2, 0.25) is 0 Å². The maximum absolute atomic E-state index is 2.82. The van der Waals surface area contributed by atoms with Gasteiger partial charge in [0.25, 0.3) is 0 Å². The molecule has 1 unspecified atom stereocenters. The molecule has 1 aliphatic rings. The van der Waals surface area contributed by atoms with Gasteiger partial charge in [0.1, 0.15) is 0 Å². The van der Waals surface area contributed by atoms with E-state index in [1.54, 1.807) is 10.9 Å². The topological polar surface area (TPSA) is 0 Å². The molecule has 0 N–H and O–H groups in total. The van der Waals surface area contributed by atoms with E-state index in [0.717, 1.165) is 0 Å². The molecule has 1 rings (SSSR count). The van der Waals surface area contributed by atoms with Crippen molar-refractivity contribution in [2.24, 2.45) is 0 Å². The third-order valence-electron chi connectivity index (χ3n) is 1.80. The summed E-state index contributed by atoms with van der Waals surface area (Å²) in [5.41, 5.74) is 1.60. The Morgan fingerprint density at radius 3 is 1.90 bits per heavy atom. The first-order valence-electron chi connectivity index (χ1n) is 4.25. The summed E-state index contributed by atoms with van der Waals surface area (Å²) in [4.78, 5) is 0. The Morgan fingerprint density at radius 1 is 1.10 bits per heavy atom. The number of rotatable bonds is 0. The van der Waals surface area contributed by atoms with E-state index < -0.39 is 0 Å². The van der Waals surface area contributed by atoms with E-state index >= 15 is 0 Å². The quantitative estimate of drug-likeness (QED) is 0.471. The molecule has 0 aromatic carbocycles. The third-order valence-corrected chi connectivity index (χ3v) is 2.58. The zero-order valence-electron chi connectivity index (χ0n) is 7.41. The fourth-order valence-corrected chi connectivity index (χ4v) is 1.43. The largest absolute Gasteiger partial charge is 0.110 e. The molecule has 10 heavy (non-hydrogen) atoms. The van der Waals surface area contributed by atoms with Crippen molar-refractivity contribution in [1.82, 2.24) is 0 Å². The molecule has 1 aliphatic carbocycles. The second kappa shape index (κ2) is 5.92. The first-order valence-corrected chi connectivity index (χ1v) is 4.82. The highest BCUT2D eigenvalue weighted by atomic mass is 31.0. The Balaban J connectivity index is 0.000000371. The standard InChI is InChI=1S/C7H13P.C2H6/c1-6-4-2-3-5-7(6)8;1-2/h2-5,8H2,1H3;1-2H3. The van der Waals surface area contributed by atoms with Crippen LogP contribution < -0.4 is 0 Å². The summed E-state index contributed by atoms with van der Waals surface area (Å²) in [6.07, 6.45) is 5.45. The van der Waals surface area contributed by atoms with Gasteiger partial charge < -0.3 is 0 Å². The van der Waals surface area contributed by atoms with Crippen molar-refractivity contribution in [3.8, 4) is 0 Å². The monoisotopic (exact) mass is 158 g/mol. The summed E-state index contributed by atoms with van der Waals surface area (Å²) in [7, 11) is 2.82. The molecule has 60 valence electrons. The van der Waals surface area contributed by atoms with Crippen LogP contribution in [0, 0.1) is 0 Å². The normalized spacial score (nSPS) is 18.0. The van der Waals surface area contributed by atoms with Crippen molar-refractivity contribution in [3.63, 3.8) is 0 Å². The fraction of sp³-hybridized carbons (Fsp3) is 0.778. The van der Waals surface area contributed by atoms with Crippen LogP contribution in [-0.2, 0) is 0 Å². The van der Waals surface area contributed by atoms with Gasteiger partial charge in [-0.15, -0.1) is 9.24 Å². The third kappa shape index (κ3) is 3.37. The Labute approximate surface area is 67.3 Å². The number of hydrogen-bond donors (Lipinski definition) is 0. The van der Waals surface area contributed by atoms with Crippen LogP contribution in [0.1, 0.15) is 46.5 Å². The van der Waals surface area contributed by atoms with Crippen molar-refractivity contribution in [1.29, 1.82) is 0 Å². The number of allylic oxidation sites excluding steroid dienone is 2. The molecule has 1 atom stereocenters. The molecule has 0 aromatic heterocycles. The van der Waals surface area contributed by atoms with Gasteiger partial charge in [-0.25, -0.2) is 0 Å². The predicted molar refractivity (Wildman–Crippen MR) is 52.2 cm³/mol. The van der Waals surface area contributed by atoms with Crippen LogP contribution in [0.3, 0.4) is 0 Å². The Morgan fingerprint density at radius 2 is 1.60 bits per heavy atom. The second-order valence-corrected chi connectivity index (χ2v) is 3.21. The van der Waals surface area contributed by atoms with Gasteiger partial charge in [0, 0.05) is 0 Å². The van der Waals surface area contributed by atoms with Crippen molar-refractivity contribution in [2.45, 2.75) is 46.5 Å². The van der Waals surface area contributed by atoms with Gasteiger partial charge in [-0.2, -0.15) is 0 Å². The smallest absolute Gasteiger partial charge is 0.0280 e. The zero-order valence-corrected chi connectivity index (χ0v) is 8.56. The highest BCUT2D eigenvalue weighted by Crippen LogP contribution is 2.27. The maximum atomic E-state index is 2.82. The van der Waals surface area contributed by atoms with Gasteiger partial charge in [-0.3, -0.25) is 0 Å². The fourth-order valence-electron chi connectivity index (χ4n) is 1.08. The lowest BCUT2D eigenvalue weighted by Gasteiger charge is -2.12. The molecule has 0 fully saturated rings. The maximum Gasteiger partial charge on any atom is -0.0280 e. The Hall–Kier alpha value is 0.170. The summed E-state index contributed by atoms with van der Waals surface area (Å²) in [6.45, 7) is 6.24. The van der Waals surface area contributed by atoms with Crippen molar-refractivity contribution < 1.29 is 0 Å². The minimum Gasteiger partial charge on any atom is -0.110 e. The molecule has 0 heterocycles. The first-order chi connectivity index (χ1) is 4.80. The van der Waals surface area contributed by atoms with Crippen LogP contribution in [0.15, 0.2) is 10.9 Å². The highest BCUT2D eigenvalue weighted by molar-refractivity contribution is 7.22. The minimum absolute atomic E-state index is 1.32. The van der Waals surface area contributed by atoms with E-state index in [9.17, 15) is 0 Å². The van der Waals surface area contributed by atoms with E-state index in [1.807, 2.05) is 13.8 Å². The molecular formula is C9H19P. The van der Waals surface area contributed by atoms with Gasteiger partial charge in [0.05, 0.1) is 0 Å². The van der Waals surface area contributed by atoms with Gasteiger partial charge in [-0.1, -0.05) is 24.7 Å². The van der Waals surface area contributed by atoms with Gasteiger partial charge >= 0.3 is 0 Å². The lowest BCUT2D eigenvalue weighted by Crippen LogP contribution is -1.90. The summed E-state index contributed by atoms with van der Waals surface area (Å²) < 4.78 is 0. The Bertz CT molecular complexity index is 99.9. The molecule has 0 saturated heterocycles. The molecule has 0 radical (unpaired) electrons. The van der Waals surface area contributed by atoms with Gasteiger partial charge in [-0.05, 0) is 32.6 Å². The summed E-state index contributed by atoms with van der Waals surface area (Å²) in [6, 6.07) is 0. The molecule has 0 nitrogen and oxygen atoms in total. The average Bonchev–Trinajstić information content (AvgIpc) is 2.00. The summed E-state index contributed by atoms with van der Waals surface area (Å²) in [5, 5.41) is 1.55. The van der Waals surface area contributed by atoms with Gasteiger partial charge in [0.15, 0.2) is 0 Å².